The van der Waals surface area contributed by atoms with Crippen molar-refractivity contribution >= 4 is 22.5 Å². The van der Waals surface area contributed by atoms with E-state index >= 15 is 0 Å². The van der Waals surface area contributed by atoms with Crippen LogP contribution < -0.4 is 0 Å². The SMILES string of the molecule is Clc1ccc2nc(-c3ccccn3)cc(-c3ccccc3)c2c1. The summed E-state index contributed by atoms with van der Waals surface area (Å²) < 4.78 is 0. The average molecular weight is 317 g/mol. The lowest BCUT2D eigenvalue weighted by Crippen LogP contribution is -1.91. The van der Waals surface area contributed by atoms with E-state index in [1.165, 1.54) is 0 Å². The number of hydrogen-bond donors (Lipinski definition) is 0. The molecule has 0 amide bonds. The summed E-state index contributed by atoms with van der Waals surface area (Å²) in [6.07, 6.45) is 1.78. The van der Waals surface area contributed by atoms with Crippen LogP contribution in [0.4, 0.5) is 0 Å². The van der Waals surface area contributed by atoms with E-state index < -0.39 is 0 Å². The number of aromatic nitrogens is 2. The topological polar surface area (TPSA) is 25.8 Å². The summed E-state index contributed by atoms with van der Waals surface area (Å²) in [4.78, 5) is 9.17. The van der Waals surface area contributed by atoms with E-state index in [1.807, 2.05) is 54.6 Å². The highest BCUT2D eigenvalue weighted by atomic mass is 35.5. The highest BCUT2D eigenvalue weighted by Gasteiger charge is 2.10. The van der Waals surface area contributed by atoms with Crippen LogP contribution in [0.15, 0.2) is 79.0 Å². The van der Waals surface area contributed by atoms with Crippen LogP contribution in [0.3, 0.4) is 0 Å². The van der Waals surface area contributed by atoms with Crippen LogP contribution in [0.2, 0.25) is 5.02 Å². The van der Waals surface area contributed by atoms with Gasteiger partial charge >= 0.3 is 0 Å². The van der Waals surface area contributed by atoms with Crippen LogP contribution in [0.25, 0.3) is 33.4 Å². The third kappa shape index (κ3) is 2.69. The predicted octanol–water partition coefficient (Wildman–Crippen LogP) is 5.62. The molecule has 0 saturated carbocycles. The van der Waals surface area contributed by atoms with Gasteiger partial charge in [0.25, 0.3) is 0 Å². The summed E-state index contributed by atoms with van der Waals surface area (Å²) >= 11 is 6.19. The third-order valence-corrected chi connectivity index (χ3v) is 4.02. The second kappa shape index (κ2) is 5.82. The maximum Gasteiger partial charge on any atom is 0.0900 e. The van der Waals surface area contributed by atoms with Gasteiger partial charge in [-0.05, 0) is 47.5 Å². The summed E-state index contributed by atoms with van der Waals surface area (Å²) in [5, 5.41) is 1.76. The molecule has 4 aromatic rings. The first-order valence-electron chi connectivity index (χ1n) is 7.38. The molecule has 0 fully saturated rings. The monoisotopic (exact) mass is 316 g/mol. The first-order chi connectivity index (χ1) is 11.3. The summed E-state index contributed by atoms with van der Waals surface area (Å²) in [5.41, 5.74) is 4.88. The van der Waals surface area contributed by atoms with Gasteiger partial charge < -0.3 is 0 Å². The van der Waals surface area contributed by atoms with E-state index in [1.54, 1.807) is 6.20 Å². The van der Waals surface area contributed by atoms with Crippen LogP contribution in [-0.2, 0) is 0 Å². The fourth-order valence-corrected chi connectivity index (χ4v) is 2.87. The maximum atomic E-state index is 6.19. The Hall–Kier alpha value is -2.71. The van der Waals surface area contributed by atoms with Gasteiger partial charge in [-0.2, -0.15) is 0 Å². The van der Waals surface area contributed by atoms with Gasteiger partial charge in [-0.1, -0.05) is 48.0 Å². The molecule has 0 N–H and O–H groups in total. The lowest BCUT2D eigenvalue weighted by molar-refractivity contribution is 1.28. The molecule has 2 aromatic heterocycles. The van der Waals surface area contributed by atoms with Crippen molar-refractivity contribution in [3.8, 4) is 22.5 Å². The molecule has 110 valence electrons. The van der Waals surface area contributed by atoms with Crippen LogP contribution in [0.1, 0.15) is 0 Å². The van der Waals surface area contributed by atoms with Crippen LogP contribution in [0.5, 0.6) is 0 Å². The van der Waals surface area contributed by atoms with Crippen molar-refractivity contribution in [2.75, 3.05) is 0 Å². The summed E-state index contributed by atoms with van der Waals surface area (Å²) in [6, 6.07) is 24.0. The number of pyridine rings is 2. The van der Waals surface area contributed by atoms with Crippen molar-refractivity contribution in [1.29, 1.82) is 0 Å². The number of fused-ring (bicyclic) bond motifs is 1. The molecule has 2 nitrogen and oxygen atoms in total. The summed E-state index contributed by atoms with van der Waals surface area (Å²) in [5.74, 6) is 0. The second-order valence-electron chi connectivity index (χ2n) is 5.30. The van der Waals surface area contributed by atoms with Crippen molar-refractivity contribution in [3.05, 3.63) is 84.0 Å². The molecule has 0 radical (unpaired) electrons. The zero-order valence-electron chi connectivity index (χ0n) is 12.3. The Morgan fingerprint density at radius 2 is 1.57 bits per heavy atom. The molecule has 3 heteroatoms. The standard InChI is InChI=1S/C20H13ClN2/c21-15-9-10-18-17(12-15)16(14-6-2-1-3-7-14)13-20(23-18)19-8-4-5-11-22-19/h1-13H. The Labute approximate surface area is 139 Å². The molecule has 0 bridgehead atoms. The minimum absolute atomic E-state index is 0.710. The van der Waals surface area contributed by atoms with Gasteiger partial charge in [0.1, 0.15) is 0 Å². The van der Waals surface area contributed by atoms with E-state index in [4.69, 9.17) is 16.6 Å². The lowest BCUT2D eigenvalue weighted by atomic mass is 9.99. The molecular weight excluding hydrogens is 304 g/mol. The molecule has 0 aliphatic rings. The minimum Gasteiger partial charge on any atom is -0.255 e. The average Bonchev–Trinajstić information content (AvgIpc) is 2.62. The first-order valence-corrected chi connectivity index (χ1v) is 7.76. The van der Waals surface area contributed by atoms with Gasteiger partial charge in [0.2, 0.25) is 0 Å². The van der Waals surface area contributed by atoms with Crippen molar-refractivity contribution in [1.82, 2.24) is 9.97 Å². The number of rotatable bonds is 2. The molecule has 0 unspecified atom stereocenters. The van der Waals surface area contributed by atoms with Crippen molar-refractivity contribution in [2.24, 2.45) is 0 Å². The molecule has 23 heavy (non-hydrogen) atoms. The molecule has 2 heterocycles. The molecular formula is C20H13ClN2. The highest BCUT2D eigenvalue weighted by Crippen LogP contribution is 2.32. The van der Waals surface area contributed by atoms with Gasteiger partial charge in [0, 0.05) is 16.6 Å². The molecule has 0 aliphatic heterocycles. The van der Waals surface area contributed by atoms with Gasteiger partial charge in [-0.3, -0.25) is 4.98 Å². The van der Waals surface area contributed by atoms with Gasteiger partial charge in [0.15, 0.2) is 0 Å². The minimum atomic E-state index is 0.710. The van der Waals surface area contributed by atoms with E-state index in [9.17, 15) is 0 Å². The zero-order chi connectivity index (χ0) is 15.6. The first kappa shape index (κ1) is 13.9. The number of nitrogens with zero attached hydrogens (tertiary/aromatic N) is 2. The van der Waals surface area contributed by atoms with Crippen molar-refractivity contribution < 1.29 is 0 Å². The van der Waals surface area contributed by atoms with E-state index in [-0.39, 0.29) is 0 Å². The Balaban J connectivity index is 2.04. The normalized spacial score (nSPS) is 10.8. The molecule has 0 aliphatic carbocycles. The van der Waals surface area contributed by atoms with Crippen LogP contribution in [-0.4, -0.2) is 9.97 Å². The maximum absolute atomic E-state index is 6.19. The van der Waals surface area contributed by atoms with E-state index in [0.717, 1.165) is 33.4 Å². The Bertz CT molecular complexity index is 967. The van der Waals surface area contributed by atoms with Crippen molar-refractivity contribution in [2.45, 2.75) is 0 Å². The fourth-order valence-electron chi connectivity index (χ4n) is 2.70. The van der Waals surface area contributed by atoms with Crippen LogP contribution in [0, 0.1) is 0 Å². The molecule has 2 aromatic carbocycles. The lowest BCUT2D eigenvalue weighted by Gasteiger charge is -2.10. The number of halogens is 1. The predicted molar refractivity (Wildman–Crippen MR) is 95.4 cm³/mol. The van der Waals surface area contributed by atoms with E-state index in [2.05, 4.69) is 23.2 Å². The Morgan fingerprint density at radius 3 is 2.35 bits per heavy atom. The van der Waals surface area contributed by atoms with E-state index in [0.29, 0.717) is 5.02 Å². The zero-order valence-corrected chi connectivity index (χ0v) is 13.0. The van der Waals surface area contributed by atoms with Gasteiger partial charge in [0.05, 0.1) is 16.9 Å². The molecule has 0 spiro atoms. The summed E-state index contributed by atoms with van der Waals surface area (Å²) in [6.45, 7) is 0. The van der Waals surface area contributed by atoms with Crippen LogP contribution >= 0.6 is 11.6 Å². The highest BCUT2D eigenvalue weighted by molar-refractivity contribution is 6.31. The molecule has 0 saturated heterocycles. The Kier molecular flexibility index (Phi) is 3.52. The number of benzene rings is 2. The summed E-state index contributed by atoms with van der Waals surface area (Å²) in [7, 11) is 0. The fraction of sp³-hybridized carbons (Fsp3) is 0. The largest absolute Gasteiger partial charge is 0.255 e. The number of hydrogen-bond acceptors (Lipinski definition) is 2. The van der Waals surface area contributed by atoms with Crippen molar-refractivity contribution in [3.63, 3.8) is 0 Å². The quantitative estimate of drug-likeness (QED) is 0.480. The second-order valence-corrected chi connectivity index (χ2v) is 5.73. The molecule has 4 rings (SSSR count). The smallest absolute Gasteiger partial charge is 0.0900 e. The third-order valence-electron chi connectivity index (χ3n) is 3.78. The van der Waals surface area contributed by atoms with Gasteiger partial charge in [-0.15, -0.1) is 0 Å². The molecule has 0 atom stereocenters. The van der Waals surface area contributed by atoms with Gasteiger partial charge in [-0.25, -0.2) is 4.98 Å². The Morgan fingerprint density at radius 1 is 0.739 bits per heavy atom.